The molecule has 1 heterocycles. The van der Waals surface area contributed by atoms with Crippen molar-refractivity contribution >= 4 is 27.4 Å². The van der Waals surface area contributed by atoms with Gasteiger partial charge in [0.05, 0.1) is 6.26 Å². The van der Waals surface area contributed by atoms with Crippen LogP contribution < -0.4 is 5.32 Å². The minimum absolute atomic E-state index is 0.342. The highest BCUT2D eigenvalue weighted by Gasteiger charge is 2.12. The topological polar surface area (TPSA) is 75.2 Å². The third-order valence-corrected chi connectivity index (χ3v) is 3.92. The molecule has 102 valence electrons. The van der Waals surface area contributed by atoms with E-state index in [2.05, 4.69) is 15.5 Å². The first-order valence-electron chi connectivity index (χ1n) is 5.61. The Morgan fingerprint density at radius 2 is 2.11 bits per heavy atom. The molecule has 0 spiro atoms. The van der Waals surface area contributed by atoms with Crippen molar-refractivity contribution in [1.29, 1.82) is 0 Å². The summed E-state index contributed by atoms with van der Waals surface area (Å²) >= 11 is 5.61. The van der Waals surface area contributed by atoms with Crippen LogP contribution in [0.25, 0.3) is 0 Å². The lowest BCUT2D eigenvalue weighted by Crippen LogP contribution is -2.31. The summed E-state index contributed by atoms with van der Waals surface area (Å²) < 4.78 is 24.1. The Hall–Kier alpha value is -0.920. The van der Waals surface area contributed by atoms with Gasteiger partial charge in [-0.15, -0.1) is 10.2 Å². The molecular weight excluding hydrogens is 276 g/mol. The molecule has 8 heteroatoms. The zero-order chi connectivity index (χ0) is 13.6. The van der Waals surface area contributed by atoms with E-state index in [0.717, 1.165) is 0 Å². The molecule has 1 aromatic heterocycles. The van der Waals surface area contributed by atoms with Crippen LogP contribution in [0.4, 0.5) is 5.82 Å². The quantitative estimate of drug-likeness (QED) is 0.765. The van der Waals surface area contributed by atoms with Crippen molar-refractivity contribution in [1.82, 2.24) is 14.5 Å². The molecular formula is C10H17ClN4O2S. The van der Waals surface area contributed by atoms with Gasteiger partial charge in [0.1, 0.15) is 5.82 Å². The number of rotatable bonds is 7. The normalized spacial score (nSPS) is 11.8. The van der Waals surface area contributed by atoms with Crippen molar-refractivity contribution in [3.8, 4) is 0 Å². The highest BCUT2D eigenvalue weighted by atomic mass is 35.5. The van der Waals surface area contributed by atoms with Gasteiger partial charge in [-0.05, 0) is 18.6 Å². The number of hydrogen-bond acceptors (Lipinski definition) is 5. The highest BCUT2D eigenvalue weighted by molar-refractivity contribution is 7.88. The fourth-order valence-corrected chi connectivity index (χ4v) is 2.47. The van der Waals surface area contributed by atoms with Gasteiger partial charge in [-0.25, -0.2) is 12.7 Å². The van der Waals surface area contributed by atoms with Crippen molar-refractivity contribution in [3.63, 3.8) is 0 Å². The Balaban J connectivity index is 2.32. The number of sulfonamides is 1. The first-order chi connectivity index (χ1) is 8.43. The molecule has 0 saturated carbocycles. The minimum Gasteiger partial charge on any atom is -0.369 e. The molecule has 0 amide bonds. The maximum Gasteiger partial charge on any atom is 0.211 e. The number of halogens is 1. The van der Waals surface area contributed by atoms with Crippen molar-refractivity contribution in [3.05, 3.63) is 17.3 Å². The van der Waals surface area contributed by atoms with Crippen LogP contribution in [0.5, 0.6) is 0 Å². The summed E-state index contributed by atoms with van der Waals surface area (Å²) in [6, 6.07) is 3.37. The molecule has 0 aliphatic heterocycles. The molecule has 0 unspecified atom stereocenters. The highest BCUT2D eigenvalue weighted by Crippen LogP contribution is 2.06. The smallest absolute Gasteiger partial charge is 0.211 e. The second-order valence-electron chi connectivity index (χ2n) is 3.78. The van der Waals surface area contributed by atoms with Crippen molar-refractivity contribution in [2.24, 2.45) is 0 Å². The van der Waals surface area contributed by atoms with Gasteiger partial charge in [0.25, 0.3) is 0 Å². The van der Waals surface area contributed by atoms with Gasteiger partial charge in [0, 0.05) is 19.6 Å². The van der Waals surface area contributed by atoms with Crippen LogP contribution in [0.2, 0.25) is 5.15 Å². The van der Waals surface area contributed by atoms with E-state index in [0.29, 0.717) is 37.0 Å². The van der Waals surface area contributed by atoms with Crippen LogP contribution in [-0.4, -0.2) is 48.8 Å². The average Bonchev–Trinajstić information content (AvgIpc) is 2.30. The molecule has 0 aliphatic carbocycles. The van der Waals surface area contributed by atoms with E-state index in [1.54, 1.807) is 12.1 Å². The lowest BCUT2D eigenvalue weighted by atomic mass is 10.4. The van der Waals surface area contributed by atoms with E-state index in [-0.39, 0.29) is 0 Å². The van der Waals surface area contributed by atoms with Crippen LogP contribution in [0, 0.1) is 0 Å². The summed E-state index contributed by atoms with van der Waals surface area (Å²) in [5.41, 5.74) is 0. The lowest BCUT2D eigenvalue weighted by Gasteiger charge is -2.17. The standard InChI is InChI=1S/C10H17ClN4O2S/c1-3-15(18(2,16)17)8-4-7-12-10-6-5-9(11)13-14-10/h5-6H,3-4,7-8H2,1-2H3,(H,12,14). The molecule has 6 nitrogen and oxygen atoms in total. The Bertz CT molecular complexity index is 463. The summed E-state index contributed by atoms with van der Waals surface area (Å²) in [4.78, 5) is 0. The first-order valence-corrected chi connectivity index (χ1v) is 7.84. The molecule has 0 saturated heterocycles. The zero-order valence-corrected chi connectivity index (χ0v) is 12.0. The predicted octanol–water partition coefficient (Wildman–Crippen LogP) is 1.21. The second-order valence-corrected chi connectivity index (χ2v) is 6.15. The molecule has 0 bridgehead atoms. The van der Waals surface area contributed by atoms with Crippen molar-refractivity contribution < 1.29 is 8.42 Å². The van der Waals surface area contributed by atoms with Gasteiger partial charge in [-0.3, -0.25) is 0 Å². The van der Waals surface area contributed by atoms with E-state index in [4.69, 9.17) is 11.6 Å². The van der Waals surface area contributed by atoms with Crippen LogP contribution in [-0.2, 0) is 10.0 Å². The summed E-state index contributed by atoms with van der Waals surface area (Å²) in [6.07, 6.45) is 1.92. The van der Waals surface area contributed by atoms with Gasteiger partial charge < -0.3 is 5.32 Å². The zero-order valence-electron chi connectivity index (χ0n) is 10.4. The fraction of sp³-hybridized carbons (Fsp3) is 0.600. The van der Waals surface area contributed by atoms with Gasteiger partial charge >= 0.3 is 0 Å². The predicted molar refractivity (Wildman–Crippen MR) is 72.2 cm³/mol. The molecule has 0 fully saturated rings. The van der Waals surface area contributed by atoms with Crippen molar-refractivity contribution in [2.45, 2.75) is 13.3 Å². The Morgan fingerprint density at radius 1 is 1.39 bits per heavy atom. The molecule has 0 radical (unpaired) electrons. The van der Waals surface area contributed by atoms with Crippen LogP contribution in [0.15, 0.2) is 12.1 Å². The van der Waals surface area contributed by atoms with E-state index >= 15 is 0 Å². The van der Waals surface area contributed by atoms with Crippen LogP contribution in [0.3, 0.4) is 0 Å². The molecule has 18 heavy (non-hydrogen) atoms. The Morgan fingerprint density at radius 3 is 2.61 bits per heavy atom. The summed E-state index contributed by atoms with van der Waals surface area (Å²) in [5, 5.41) is 10.9. The monoisotopic (exact) mass is 292 g/mol. The second kappa shape index (κ2) is 6.86. The maximum atomic E-state index is 11.3. The average molecular weight is 293 g/mol. The molecule has 1 rings (SSSR count). The number of hydrogen-bond donors (Lipinski definition) is 1. The molecule has 0 aliphatic rings. The third kappa shape index (κ3) is 5.16. The number of aromatic nitrogens is 2. The van der Waals surface area contributed by atoms with Gasteiger partial charge in [0.2, 0.25) is 10.0 Å². The largest absolute Gasteiger partial charge is 0.369 e. The molecule has 0 atom stereocenters. The molecule has 1 N–H and O–H groups in total. The number of nitrogens with one attached hydrogen (secondary N) is 1. The van der Waals surface area contributed by atoms with Crippen molar-refractivity contribution in [2.75, 3.05) is 31.2 Å². The minimum atomic E-state index is -3.11. The molecule has 0 aromatic carbocycles. The SMILES string of the molecule is CCN(CCCNc1ccc(Cl)nn1)S(C)(=O)=O. The summed E-state index contributed by atoms with van der Waals surface area (Å²) in [5.74, 6) is 0.627. The van der Waals surface area contributed by atoms with E-state index in [9.17, 15) is 8.42 Å². The Kier molecular flexibility index (Phi) is 5.77. The van der Waals surface area contributed by atoms with E-state index in [1.807, 2.05) is 6.92 Å². The van der Waals surface area contributed by atoms with Crippen LogP contribution in [0.1, 0.15) is 13.3 Å². The third-order valence-electron chi connectivity index (χ3n) is 2.34. The fourth-order valence-electron chi connectivity index (χ4n) is 1.44. The lowest BCUT2D eigenvalue weighted by molar-refractivity contribution is 0.428. The molecule has 1 aromatic rings. The maximum absolute atomic E-state index is 11.3. The number of nitrogens with zero attached hydrogens (tertiary/aromatic N) is 3. The van der Waals surface area contributed by atoms with E-state index < -0.39 is 10.0 Å². The number of anilines is 1. The van der Waals surface area contributed by atoms with Gasteiger partial charge in [0.15, 0.2) is 5.15 Å². The Labute approximate surface area is 112 Å². The van der Waals surface area contributed by atoms with Crippen LogP contribution >= 0.6 is 11.6 Å². The summed E-state index contributed by atoms with van der Waals surface area (Å²) in [7, 11) is -3.11. The first kappa shape index (κ1) is 15.1. The summed E-state index contributed by atoms with van der Waals surface area (Å²) in [6.45, 7) is 3.42. The van der Waals surface area contributed by atoms with Gasteiger partial charge in [-0.1, -0.05) is 18.5 Å². The van der Waals surface area contributed by atoms with E-state index in [1.165, 1.54) is 10.6 Å². The van der Waals surface area contributed by atoms with Gasteiger partial charge in [-0.2, -0.15) is 0 Å².